The van der Waals surface area contributed by atoms with Crippen LogP contribution in [0.4, 0.5) is 0 Å². The summed E-state index contributed by atoms with van der Waals surface area (Å²) >= 11 is 0. The molecule has 0 saturated heterocycles. The van der Waals surface area contributed by atoms with Crippen molar-refractivity contribution in [3.8, 4) is 0 Å². The van der Waals surface area contributed by atoms with Crippen molar-refractivity contribution in [1.29, 1.82) is 0 Å². The molecule has 0 N–H and O–H groups in total. The van der Waals surface area contributed by atoms with Gasteiger partial charge in [-0.05, 0) is 5.56 Å². The number of benzene rings is 1. The van der Waals surface area contributed by atoms with Gasteiger partial charge in [0.15, 0.2) is 0 Å². The van der Waals surface area contributed by atoms with Crippen LogP contribution in [0.3, 0.4) is 0 Å². The van der Waals surface area contributed by atoms with Crippen LogP contribution in [0, 0.1) is 6.92 Å². The largest absolute Gasteiger partial charge is 2.00 e. The van der Waals surface area contributed by atoms with Crippen LogP contribution in [-0.4, -0.2) is 23.1 Å². The Morgan fingerprint density at radius 2 is 1.77 bits per heavy atom. The molecule has 13 heavy (non-hydrogen) atoms. The van der Waals surface area contributed by atoms with Crippen molar-refractivity contribution >= 4 is 29.1 Å². The number of rotatable bonds is 3. The van der Waals surface area contributed by atoms with Crippen molar-refractivity contribution in [1.82, 2.24) is 0 Å². The van der Waals surface area contributed by atoms with Gasteiger partial charge in [0.05, 0.1) is 0 Å². The molecule has 1 rings (SSSR count). The quantitative estimate of drug-likeness (QED) is 0.511. The third-order valence-corrected chi connectivity index (χ3v) is 1.68. The van der Waals surface area contributed by atoms with Crippen molar-refractivity contribution in [3.05, 3.63) is 48.9 Å². The van der Waals surface area contributed by atoms with E-state index in [9.17, 15) is 0 Å². The molecule has 0 aliphatic rings. The van der Waals surface area contributed by atoms with Crippen LogP contribution in [0.25, 0.3) is 6.08 Å². The first-order chi connectivity index (χ1) is 5.36. The summed E-state index contributed by atoms with van der Waals surface area (Å²) < 4.78 is 0. The Labute approximate surface area is 107 Å². The monoisotopic (exact) mass is 248 g/mol. The molecular formula is C11H13BrMg. The maximum Gasteiger partial charge on any atom is 2.00 e. The van der Waals surface area contributed by atoms with Gasteiger partial charge in [0.25, 0.3) is 0 Å². The molecule has 1 aromatic carbocycles. The predicted molar refractivity (Wildman–Crippen MR) is 56.0 cm³/mol. The van der Waals surface area contributed by atoms with Gasteiger partial charge in [-0.25, -0.2) is 0 Å². The minimum absolute atomic E-state index is 0. The molecule has 0 amide bonds. The van der Waals surface area contributed by atoms with Gasteiger partial charge in [0, 0.05) is 0 Å². The first-order valence-electron chi connectivity index (χ1n) is 3.87. The van der Waals surface area contributed by atoms with E-state index in [1.165, 1.54) is 11.1 Å². The Kier molecular flexibility index (Phi) is 10.6. The normalized spacial score (nSPS) is 8.08. The van der Waals surface area contributed by atoms with Crippen molar-refractivity contribution in [2.45, 2.75) is 12.8 Å². The van der Waals surface area contributed by atoms with Crippen LogP contribution in [0.1, 0.15) is 17.5 Å². The average Bonchev–Trinajstić information content (AvgIpc) is 2.07. The zero-order chi connectivity index (χ0) is 8.10. The SMILES string of the molecule is C=Cc1ccc(CC[CH2-])cc1.[Br-].[Mg+2]. The van der Waals surface area contributed by atoms with Crippen LogP contribution in [-0.2, 0) is 6.42 Å². The van der Waals surface area contributed by atoms with Crippen LogP contribution < -0.4 is 17.0 Å². The topological polar surface area (TPSA) is 0 Å². The summed E-state index contributed by atoms with van der Waals surface area (Å²) in [6.07, 6.45) is 3.89. The van der Waals surface area contributed by atoms with Crippen molar-refractivity contribution in [2.24, 2.45) is 0 Å². The van der Waals surface area contributed by atoms with Gasteiger partial charge >= 0.3 is 23.1 Å². The van der Waals surface area contributed by atoms with Crippen molar-refractivity contribution < 1.29 is 17.0 Å². The number of halogens is 1. The summed E-state index contributed by atoms with van der Waals surface area (Å²) in [5, 5.41) is 0. The molecule has 0 fully saturated rings. The van der Waals surface area contributed by atoms with Crippen LogP contribution in [0.5, 0.6) is 0 Å². The maximum atomic E-state index is 3.80. The first kappa shape index (κ1) is 15.7. The summed E-state index contributed by atoms with van der Waals surface area (Å²) in [7, 11) is 0. The Morgan fingerprint density at radius 1 is 1.23 bits per heavy atom. The van der Waals surface area contributed by atoms with E-state index < -0.39 is 0 Å². The zero-order valence-electron chi connectivity index (χ0n) is 7.80. The van der Waals surface area contributed by atoms with E-state index in [0.717, 1.165) is 12.8 Å². The van der Waals surface area contributed by atoms with Gasteiger partial charge in [-0.1, -0.05) is 48.9 Å². The average molecular weight is 249 g/mol. The summed E-state index contributed by atoms with van der Waals surface area (Å²) in [4.78, 5) is 0. The third kappa shape index (κ3) is 5.50. The molecule has 2 heteroatoms. The first-order valence-corrected chi connectivity index (χ1v) is 3.87. The second-order valence-electron chi connectivity index (χ2n) is 2.55. The Hall–Kier alpha value is 0.206. The van der Waals surface area contributed by atoms with Crippen LogP contribution >= 0.6 is 0 Å². The van der Waals surface area contributed by atoms with Gasteiger partial charge in [-0.15, -0.1) is 0 Å². The molecule has 0 saturated carbocycles. The van der Waals surface area contributed by atoms with E-state index >= 15 is 0 Å². The molecule has 0 unspecified atom stereocenters. The molecular weight excluding hydrogens is 236 g/mol. The fraction of sp³-hybridized carbons (Fsp3) is 0.182. The van der Waals surface area contributed by atoms with E-state index in [4.69, 9.17) is 0 Å². The van der Waals surface area contributed by atoms with E-state index in [0.29, 0.717) is 0 Å². The summed E-state index contributed by atoms with van der Waals surface area (Å²) in [5.41, 5.74) is 2.53. The molecule has 0 bridgehead atoms. The summed E-state index contributed by atoms with van der Waals surface area (Å²) in [5.74, 6) is 0. The number of hydrogen-bond donors (Lipinski definition) is 0. The minimum Gasteiger partial charge on any atom is -1.00 e. The van der Waals surface area contributed by atoms with E-state index in [1.807, 2.05) is 6.08 Å². The molecule has 0 aromatic heterocycles. The molecule has 0 radical (unpaired) electrons. The molecule has 0 aliphatic carbocycles. The maximum absolute atomic E-state index is 3.80. The second-order valence-corrected chi connectivity index (χ2v) is 2.55. The molecule has 0 atom stereocenters. The Balaban J connectivity index is 0. The molecule has 0 nitrogen and oxygen atoms in total. The molecule has 66 valence electrons. The molecule has 0 heterocycles. The number of hydrogen-bond acceptors (Lipinski definition) is 0. The van der Waals surface area contributed by atoms with Gasteiger partial charge in [0.2, 0.25) is 0 Å². The molecule has 1 aromatic rings. The predicted octanol–water partition coefficient (Wildman–Crippen LogP) is -0.281. The number of aryl methyl sites for hydroxylation is 1. The Bertz CT molecular complexity index is 228. The van der Waals surface area contributed by atoms with Crippen LogP contribution in [0.15, 0.2) is 30.8 Å². The summed E-state index contributed by atoms with van der Waals surface area (Å²) in [6.45, 7) is 7.50. The van der Waals surface area contributed by atoms with Gasteiger partial charge in [0.1, 0.15) is 0 Å². The van der Waals surface area contributed by atoms with E-state index in [-0.39, 0.29) is 40.0 Å². The van der Waals surface area contributed by atoms with Crippen molar-refractivity contribution in [3.63, 3.8) is 0 Å². The fourth-order valence-electron chi connectivity index (χ4n) is 1.02. The second kappa shape index (κ2) is 8.79. The van der Waals surface area contributed by atoms with Gasteiger partial charge in [-0.2, -0.15) is 6.42 Å². The van der Waals surface area contributed by atoms with Gasteiger partial charge < -0.3 is 23.9 Å². The Morgan fingerprint density at radius 3 is 2.15 bits per heavy atom. The van der Waals surface area contributed by atoms with Crippen molar-refractivity contribution in [2.75, 3.05) is 0 Å². The minimum atomic E-state index is 0. The standard InChI is InChI=1S/C11H13.BrH.Mg/c1-3-5-11-8-6-10(4-2)7-9-11;;/h4,6-9H,1-3,5H2;1H;/q-1;;+2/p-1. The fourth-order valence-corrected chi connectivity index (χ4v) is 1.02. The zero-order valence-corrected chi connectivity index (χ0v) is 10.8. The third-order valence-electron chi connectivity index (χ3n) is 1.68. The van der Waals surface area contributed by atoms with Crippen LogP contribution in [0.2, 0.25) is 0 Å². The smallest absolute Gasteiger partial charge is 1.00 e. The van der Waals surface area contributed by atoms with Gasteiger partial charge in [-0.3, -0.25) is 0 Å². The summed E-state index contributed by atoms with van der Waals surface area (Å²) in [6, 6.07) is 8.42. The molecule has 0 aliphatic heterocycles. The van der Waals surface area contributed by atoms with E-state index in [2.05, 4.69) is 37.8 Å². The van der Waals surface area contributed by atoms with E-state index in [1.54, 1.807) is 0 Å². The molecule has 0 spiro atoms.